The lowest BCUT2D eigenvalue weighted by atomic mass is 9.87. The van der Waals surface area contributed by atoms with Crippen molar-refractivity contribution in [3.05, 3.63) is 40.4 Å². The molecule has 128 valence electrons. The summed E-state index contributed by atoms with van der Waals surface area (Å²) in [6.07, 6.45) is 5.64. The van der Waals surface area contributed by atoms with Gasteiger partial charge in [0.15, 0.2) is 0 Å². The highest BCUT2D eigenvalue weighted by molar-refractivity contribution is 7.17. The van der Waals surface area contributed by atoms with Crippen molar-refractivity contribution in [1.82, 2.24) is 10.3 Å². The van der Waals surface area contributed by atoms with E-state index >= 15 is 0 Å². The largest absolute Gasteiger partial charge is 0.349 e. The number of carbonyl (C=O) groups excluding carboxylic acids is 1. The summed E-state index contributed by atoms with van der Waals surface area (Å²) in [5.41, 5.74) is 3.23. The van der Waals surface area contributed by atoms with Crippen LogP contribution in [0.2, 0.25) is 0 Å². The predicted octanol–water partition coefficient (Wildman–Crippen LogP) is 4.99. The third-order valence-corrected chi connectivity index (χ3v) is 6.17. The number of hydrogen-bond acceptors (Lipinski definition) is 3. The summed E-state index contributed by atoms with van der Waals surface area (Å²) in [7, 11) is 0. The molecule has 0 atom stereocenters. The second-order valence-electron chi connectivity index (χ2n) is 6.91. The molecule has 4 heteroatoms. The fourth-order valence-corrected chi connectivity index (χ4v) is 4.24. The Hall–Kier alpha value is -1.68. The first-order chi connectivity index (χ1) is 11.6. The van der Waals surface area contributed by atoms with Gasteiger partial charge in [-0.3, -0.25) is 4.79 Å². The average molecular weight is 343 g/mol. The van der Waals surface area contributed by atoms with Crippen molar-refractivity contribution >= 4 is 17.2 Å². The van der Waals surface area contributed by atoms with Crippen molar-refractivity contribution in [2.75, 3.05) is 0 Å². The van der Waals surface area contributed by atoms with E-state index in [9.17, 15) is 4.79 Å². The number of nitrogens with zero attached hydrogens (tertiary/aromatic N) is 1. The SMILES string of the molecule is CCc1ccc(-c2nc(C)c(C(=O)NC3CCC(C)CC3)s2)cc1. The van der Waals surface area contributed by atoms with E-state index in [0.717, 1.165) is 46.3 Å². The van der Waals surface area contributed by atoms with Gasteiger partial charge >= 0.3 is 0 Å². The van der Waals surface area contributed by atoms with Gasteiger partial charge in [0.05, 0.1) is 5.69 Å². The molecule has 1 heterocycles. The van der Waals surface area contributed by atoms with E-state index in [1.807, 2.05) is 6.92 Å². The normalized spacial score (nSPS) is 20.8. The first-order valence-electron chi connectivity index (χ1n) is 8.94. The highest BCUT2D eigenvalue weighted by atomic mass is 32.1. The fourth-order valence-electron chi connectivity index (χ4n) is 3.27. The number of benzene rings is 1. The molecule has 3 rings (SSSR count). The highest BCUT2D eigenvalue weighted by Crippen LogP contribution is 2.29. The van der Waals surface area contributed by atoms with Crippen molar-refractivity contribution in [3.8, 4) is 10.6 Å². The van der Waals surface area contributed by atoms with Gasteiger partial charge in [0, 0.05) is 11.6 Å². The Morgan fingerprint density at radius 2 is 1.88 bits per heavy atom. The molecule has 3 nitrogen and oxygen atoms in total. The summed E-state index contributed by atoms with van der Waals surface area (Å²) in [6.45, 7) is 6.37. The van der Waals surface area contributed by atoms with Crippen molar-refractivity contribution < 1.29 is 4.79 Å². The standard InChI is InChI=1S/C20H26N2OS/c1-4-15-7-9-16(10-8-15)20-21-14(3)18(24-20)19(23)22-17-11-5-13(2)6-12-17/h7-10,13,17H,4-6,11-12H2,1-3H3,(H,22,23). The molecule has 1 aliphatic rings. The molecule has 0 aliphatic heterocycles. The van der Waals surface area contributed by atoms with Crippen LogP contribution in [-0.2, 0) is 6.42 Å². The molecule has 1 fully saturated rings. The van der Waals surface area contributed by atoms with Crippen LogP contribution in [0.15, 0.2) is 24.3 Å². The molecule has 0 radical (unpaired) electrons. The van der Waals surface area contributed by atoms with Crippen molar-refractivity contribution in [3.63, 3.8) is 0 Å². The van der Waals surface area contributed by atoms with E-state index in [2.05, 4.69) is 48.4 Å². The lowest BCUT2D eigenvalue weighted by molar-refractivity contribution is 0.0926. The summed E-state index contributed by atoms with van der Waals surface area (Å²) in [4.78, 5) is 18.0. The number of amides is 1. The summed E-state index contributed by atoms with van der Waals surface area (Å²) in [5, 5.41) is 4.14. The number of hydrogen-bond donors (Lipinski definition) is 1. The number of nitrogens with one attached hydrogen (secondary N) is 1. The number of aryl methyl sites for hydroxylation is 2. The van der Waals surface area contributed by atoms with Crippen LogP contribution in [-0.4, -0.2) is 16.9 Å². The van der Waals surface area contributed by atoms with E-state index in [1.54, 1.807) is 0 Å². The zero-order chi connectivity index (χ0) is 17.1. The second kappa shape index (κ2) is 7.47. The topological polar surface area (TPSA) is 42.0 Å². The minimum Gasteiger partial charge on any atom is -0.349 e. The van der Waals surface area contributed by atoms with Crippen LogP contribution >= 0.6 is 11.3 Å². The van der Waals surface area contributed by atoms with Gasteiger partial charge in [-0.1, -0.05) is 38.1 Å². The number of carbonyl (C=O) groups is 1. The molecular formula is C20H26N2OS. The average Bonchev–Trinajstić information content (AvgIpc) is 2.99. The van der Waals surface area contributed by atoms with Crippen LogP contribution in [0.3, 0.4) is 0 Å². The van der Waals surface area contributed by atoms with Gasteiger partial charge in [-0.15, -0.1) is 11.3 Å². The van der Waals surface area contributed by atoms with Crippen molar-refractivity contribution in [2.45, 2.75) is 58.9 Å². The predicted molar refractivity (Wildman–Crippen MR) is 101 cm³/mol. The number of thiazole rings is 1. The first-order valence-corrected chi connectivity index (χ1v) is 9.76. The molecule has 24 heavy (non-hydrogen) atoms. The molecule has 2 aromatic rings. The molecule has 0 saturated heterocycles. The van der Waals surface area contributed by atoms with Crippen LogP contribution in [0.25, 0.3) is 10.6 Å². The molecular weight excluding hydrogens is 316 g/mol. The summed E-state index contributed by atoms with van der Waals surface area (Å²) in [6, 6.07) is 8.79. The maximum atomic E-state index is 12.6. The third-order valence-electron chi connectivity index (χ3n) is 4.96. The Labute approximate surface area is 148 Å². The molecule has 1 aliphatic carbocycles. The molecule has 1 N–H and O–H groups in total. The van der Waals surface area contributed by atoms with Crippen LogP contribution in [0, 0.1) is 12.8 Å². The van der Waals surface area contributed by atoms with E-state index in [-0.39, 0.29) is 5.91 Å². The van der Waals surface area contributed by atoms with Gasteiger partial charge in [0.2, 0.25) is 0 Å². The van der Waals surface area contributed by atoms with Gasteiger partial charge in [-0.2, -0.15) is 0 Å². The third kappa shape index (κ3) is 3.86. The van der Waals surface area contributed by atoms with E-state index < -0.39 is 0 Å². The van der Waals surface area contributed by atoms with Crippen molar-refractivity contribution in [2.24, 2.45) is 5.92 Å². The summed E-state index contributed by atoms with van der Waals surface area (Å²) < 4.78 is 0. The summed E-state index contributed by atoms with van der Waals surface area (Å²) >= 11 is 1.50. The monoisotopic (exact) mass is 342 g/mol. The number of aromatic nitrogens is 1. The lowest BCUT2D eigenvalue weighted by Gasteiger charge is -2.26. The van der Waals surface area contributed by atoms with Crippen LogP contribution in [0.1, 0.15) is 60.5 Å². The fraction of sp³-hybridized carbons (Fsp3) is 0.500. The van der Waals surface area contributed by atoms with Crippen LogP contribution in [0.4, 0.5) is 0 Å². The molecule has 1 saturated carbocycles. The Kier molecular flexibility index (Phi) is 5.34. The molecule has 0 bridgehead atoms. The maximum absolute atomic E-state index is 12.6. The highest BCUT2D eigenvalue weighted by Gasteiger charge is 2.22. The second-order valence-corrected chi connectivity index (χ2v) is 7.91. The first kappa shape index (κ1) is 17.2. The number of rotatable bonds is 4. The van der Waals surface area contributed by atoms with Crippen LogP contribution in [0.5, 0.6) is 0 Å². The molecule has 0 spiro atoms. The molecule has 1 aromatic carbocycles. The van der Waals surface area contributed by atoms with Crippen LogP contribution < -0.4 is 5.32 Å². The smallest absolute Gasteiger partial charge is 0.263 e. The van der Waals surface area contributed by atoms with Crippen molar-refractivity contribution in [1.29, 1.82) is 0 Å². The zero-order valence-corrected chi connectivity index (χ0v) is 15.6. The van der Waals surface area contributed by atoms with Gasteiger partial charge in [0.25, 0.3) is 5.91 Å². The maximum Gasteiger partial charge on any atom is 0.263 e. The summed E-state index contributed by atoms with van der Waals surface area (Å²) in [5.74, 6) is 0.835. The van der Waals surface area contributed by atoms with E-state index in [1.165, 1.54) is 29.7 Å². The molecule has 1 aromatic heterocycles. The Bertz CT molecular complexity index is 697. The van der Waals surface area contributed by atoms with Gasteiger partial charge < -0.3 is 5.32 Å². The quantitative estimate of drug-likeness (QED) is 0.850. The van der Waals surface area contributed by atoms with E-state index in [4.69, 9.17) is 0 Å². The van der Waals surface area contributed by atoms with Gasteiger partial charge in [-0.05, 0) is 50.5 Å². The molecule has 0 unspecified atom stereocenters. The zero-order valence-electron chi connectivity index (χ0n) is 14.8. The van der Waals surface area contributed by atoms with E-state index in [0.29, 0.717) is 6.04 Å². The lowest BCUT2D eigenvalue weighted by Crippen LogP contribution is -2.37. The Morgan fingerprint density at radius 3 is 2.50 bits per heavy atom. The molecule has 1 amide bonds. The minimum absolute atomic E-state index is 0.0426. The Balaban J connectivity index is 1.72. The Morgan fingerprint density at radius 1 is 1.21 bits per heavy atom. The minimum atomic E-state index is 0.0426. The van der Waals surface area contributed by atoms with Gasteiger partial charge in [-0.25, -0.2) is 4.98 Å². The van der Waals surface area contributed by atoms with Gasteiger partial charge in [0.1, 0.15) is 9.88 Å².